The summed E-state index contributed by atoms with van der Waals surface area (Å²) in [7, 11) is 0. The minimum absolute atomic E-state index is 0.446. The normalized spacial score (nSPS) is 23.4. The number of hydrogen-bond acceptors (Lipinski definition) is 1. The van der Waals surface area contributed by atoms with Crippen LogP contribution in [0.5, 0.6) is 0 Å². The third-order valence-electron chi connectivity index (χ3n) is 2.84. The van der Waals surface area contributed by atoms with Crippen molar-refractivity contribution in [2.75, 3.05) is 0 Å². The molecule has 1 aliphatic rings. The molecule has 0 radical (unpaired) electrons. The number of unbranched alkanes of at least 4 members (excludes halogenated alkanes) is 3. The molecule has 0 saturated heterocycles. The zero-order valence-corrected chi connectivity index (χ0v) is 8.14. The highest BCUT2D eigenvalue weighted by molar-refractivity contribution is 5.82. The van der Waals surface area contributed by atoms with E-state index >= 15 is 0 Å². The molecule has 1 fully saturated rings. The van der Waals surface area contributed by atoms with Gasteiger partial charge in [0.2, 0.25) is 0 Å². The monoisotopic (exact) mass is 168 g/mol. The second kappa shape index (κ2) is 5.34. The fourth-order valence-corrected chi connectivity index (χ4v) is 2.01. The van der Waals surface area contributed by atoms with Crippen LogP contribution in [-0.2, 0) is 4.79 Å². The molecule has 12 heavy (non-hydrogen) atoms. The van der Waals surface area contributed by atoms with Gasteiger partial charge in [-0.2, -0.15) is 0 Å². The molecule has 1 atom stereocenters. The molecule has 1 heteroatoms. The molecule has 0 aromatic carbocycles. The highest BCUT2D eigenvalue weighted by Gasteiger charge is 2.23. The van der Waals surface area contributed by atoms with E-state index in [4.69, 9.17) is 0 Å². The van der Waals surface area contributed by atoms with Crippen molar-refractivity contribution in [1.82, 2.24) is 0 Å². The summed E-state index contributed by atoms with van der Waals surface area (Å²) < 4.78 is 0. The minimum atomic E-state index is 0.446. The van der Waals surface area contributed by atoms with Gasteiger partial charge >= 0.3 is 0 Å². The molecule has 0 aromatic heterocycles. The van der Waals surface area contributed by atoms with Crippen LogP contribution in [0.2, 0.25) is 0 Å². The summed E-state index contributed by atoms with van der Waals surface area (Å²) >= 11 is 0. The molecule has 0 aromatic rings. The molecule has 1 nitrogen and oxygen atoms in total. The summed E-state index contributed by atoms with van der Waals surface area (Å²) in [5, 5.41) is 0. The summed E-state index contributed by atoms with van der Waals surface area (Å²) in [5.74, 6) is 0.980. The molecule has 1 saturated carbocycles. The predicted molar refractivity (Wildman–Crippen MR) is 51.1 cm³/mol. The van der Waals surface area contributed by atoms with E-state index < -0.39 is 0 Å². The van der Waals surface area contributed by atoms with Crippen molar-refractivity contribution in [3.05, 3.63) is 0 Å². The molecule has 0 heterocycles. The summed E-state index contributed by atoms with van der Waals surface area (Å²) in [6.45, 7) is 2.22. The summed E-state index contributed by atoms with van der Waals surface area (Å²) in [4.78, 5) is 11.2. The molecule has 0 N–H and O–H groups in total. The molecule has 1 aliphatic carbocycles. The Morgan fingerprint density at radius 1 is 1.33 bits per heavy atom. The van der Waals surface area contributed by atoms with Gasteiger partial charge in [0.25, 0.3) is 0 Å². The number of carbonyl (C=O) groups excluding carboxylic acids is 1. The molecule has 70 valence electrons. The fourth-order valence-electron chi connectivity index (χ4n) is 2.01. The summed E-state index contributed by atoms with van der Waals surface area (Å²) in [5.41, 5.74) is 0. The molecule has 1 unspecified atom stereocenters. The van der Waals surface area contributed by atoms with Crippen molar-refractivity contribution in [3.8, 4) is 0 Å². The second-order valence-electron chi connectivity index (χ2n) is 3.90. The number of hydrogen-bond donors (Lipinski definition) is 0. The van der Waals surface area contributed by atoms with Crippen molar-refractivity contribution < 1.29 is 4.79 Å². The smallest absolute Gasteiger partial charge is 0.135 e. The summed E-state index contributed by atoms with van der Waals surface area (Å²) in [6.07, 6.45) is 9.56. The van der Waals surface area contributed by atoms with Crippen LogP contribution in [-0.4, -0.2) is 5.78 Å². The van der Waals surface area contributed by atoms with Crippen molar-refractivity contribution in [3.63, 3.8) is 0 Å². The number of carbonyl (C=O) groups is 1. The Morgan fingerprint density at radius 3 is 2.75 bits per heavy atom. The van der Waals surface area contributed by atoms with Crippen LogP contribution in [0.1, 0.15) is 58.3 Å². The van der Waals surface area contributed by atoms with Crippen LogP contribution in [0.3, 0.4) is 0 Å². The Hall–Kier alpha value is -0.330. The topological polar surface area (TPSA) is 17.1 Å². The Balaban J connectivity index is 2.02. The van der Waals surface area contributed by atoms with Crippen LogP contribution in [0.15, 0.2) is 0 Å². The van der Waals surface area contributed by atoms with E-state index in [1.807, 2.05) is 0 Å². The first-order chi connectivity index (χ1) is 5.84. The first-order valence-electron chi connectivity index (χ1n) is 5.37. The highest BCUT2D eigenvalue weighted by atomic mass is 16.1. The van der Waals surface area contributed by atoms with Crippen LogP contribution in [0.25, 0.3) is 0 Å². The zero-order chi connectivity index (χ0) is 8.81. The van der Waals surface area contributed by atoms with E-state index in [1.165, 1.54) is 38.5 Å². The maximum absolute atomic E-state index is 11.2. The molecule has 0 aliphatic heterocycles. The Morgan fingerprint density at radius 2 is 2.17 bits per heavy atom. The lowest BCUT2D eigenvalue weighted by Crippen LogP contribution is -2.05. The lowest BCUT2D eigenvalue weighted by atomic mass is 9.99. The van der Waals surface area contributed by atoms with Gasteiger partial charge in [0, 0.05) is 12.3 Å². The average molecular weight is 168 g/mol. The average Bonchev–Trinajstić information content (AvgIpc) is 2.46. The van der Waals surface area contributed by atoms with Gasteiger partial charge in [0.05, 0.1) is 0 Å². The van der Waals surface area contributed by atoms with Crippen LogP contribution in [0, 0.1) is 5.92 Å². The zero-order valence-electron chi connectivity index (χ0n) is 8.14. The van der Waals surface area contributed by atoms with E-state index in [1.54, 1.807) is 0 Å². The second-order valence-corrected chi connectivity index (χ2v) is 3.90. The first-order valence-corrected chi connectivity index (χ1v) is 5.37. The van der Waals surface area contributed by atoms with Gasteiger partial charge in [-0.25, -0.2) is 0 Å². The molecular weight excluding hydrogens is 148 g/mol. The molecular formula is C11H20O. The molecule has 0 spiro atoms. The van der Waals surface area contributed by atoms with Crippen molar-refractivity contribution in [1.29, 1.82) is 0 Å². The Bertz CT molecular complexity index is 140. The third kappa shape index (κ3) is 2.96. The van der Waals surface area contributed by atoms with E-state index in [0.717, 1.165) is 12.8 Å². The van der Waals surface area contributed by atoms with Crippen LogP contribution < -0.4 is 0 Å². The Kier molecular flexibility index (Phi) is 4.34. The number of ketones is 1. The summed E-state index contributed by atoms with van der Waals surface area (Å²) in [6, 6.07) is 0. The van der Waals surface area contributed by atoms with Crippen LogP contribution in [0.4, 0.5) is 0 Å². The van der Waals surface area contributed by atoms with Gasteiger partial charge in [-0.15, -0.1) is 0 Å². The third-order valence-corrected chi connectivity index (χ3v) is 2.84. The standard InChI is InChI=1S/C11H20O/c1-2-3-4-5-7-10-8-6-9-11(10)12/h10H,2-9H2,1H3. The van der Waals surface area contributed by atoms with E-state index in [-0.39, 0.29) is 0 Å². The first kappa shape index (κ1) is 9.76. The highest BCUT2D eigenvalue weighted by Crippen LogP contribution is 2.26. The van der Waals surface area contributed by atoms with Gasteiger partial charge in [-0.3, -0.25) is 4.79 Å². The minimum Gasteiger partial charge on any atom is -0.299 e. The largest absolute Gasteiger partial charge is 0.299 e. The van der Waals surface area contributed by atoms with Gasteiger partial charge in [-0.1, -0.05) is 32.6 Å². The lowest BCUT2D eigenvalue weighted by Gasteiger charge is -2.05. The SMILES string of the molecule is CCCCCCC1CCCC1=O. The van der Waals surface area contributed by atoms with E-state index in [2.05, 4.69) is 6.92 Å². The predicted octanol–water partition coefficient (Wildman–Crippen LogP) is 3.33. The fraction of sp³-hybridized carbons (Fsp3) is 0.909. The van der Waals surface area contributed by atoms with E-state index in [0.29, 0.717) is 11.7 Å². The van der Waals surface area contributed by atoms with Crippen LogP contribution >= 0.6 is 0 Å². The van der Waals surface area contributed by atoms with Gasteiger partial charge in [-0.05, 0) is 19.3 Å². The van der Waals surface area contributed by atoms with E-state index in [9.17, 15) is 4.79 Å². The van der Waals surface area contributed by atoms with Crippen molar-refractivity contribution in [2.45, 2.75) is 58.3 Å². The maximum Gasteiger partial charge on any atom is 0.135 e. The molecule has 0 amide bonds. The van der Waals surface area contributed by atoms with Gasteiger partial charge < -0.3 is 0 Å². The van der Waals surface area contributed by atoms with Crippen molar-refractivity contribution in [2.24, 2.45) is 5.92 Å². The molecule has 0 bridgehead atoms. The maximum atomic E-state index is 11.2. The van der Waals surface area contributed by atoms with Gasteiger partial charge in [0.1, 0.15) is 5.78 Å². The lowest BCUT2D eigenvalue weighted by molar-refractivity contribution is -0.120. The quantitative estimate of drug-likeness (QED) is 0.575. The van der Waals surface area contributed by atoms with Gasteiger partial charge in [0.15, 0.2) is 0 Å². The number of Topliss-reactive ketones (excluding diaryl/α,β-unsaturated/α-hetero) is 1. The number of rotatable bonds is 5. The Labute approximate surface area is 75.5 Å². The van der Waals surface area contributed by atoms with Crippen molar-refractivity contribution >= 4 is 5.78 Å². The molecule has 1 rings (SSSR count).